The van der Waals surface area contributed by atoms with E-state index in [2.05, 4.69) is 17.0 Å². The van der Waals surface area contributed by atoms with Crippen molar-refractivity contribution in [3.63, 3.8) is 0 Å². The summed E-state index contributed by atoms with van der Waals surface area (Å²) < 4.78 is 0. The Morgan fingerprint density at radius 1 is 1.00 bits per heavy atom. The van der Waals surface area contributed by atoms with E-state index < -0.39 is 0 Å². The Bertz CT molecular complexity index is 679. The smallest absolute Gasteiger partial charge is 0.255 e. The fraction of sp³-hybridized carbons (Fsp3) is 0.278. The van der Waals surface area contributed by atoms with Crippen LogP contribution in [-0.4, -0.2) is 41.9 Å². The minimum absolute atomic E-state index is 0.0164. The van der Waals surface area contributed by atoms with Crippen molar-refractivity contribution in [2.75, 3.05) is 31.9 Å². The van der Waals surface area contributed by atoms with Crippen molar-refractivity contribution >= 4 is 23.2 Å². The molecule has 1 saturated heterocycles. The maximum atomic E-state index is 12.5. The van der Waals surface area contributed by atoms with Gasteiger partial charge in [-0.1, -0.05) is 35.9 Å². The van der Waals surface area contributed by atoms with E-state index in [4.69, 9.17) is 17.3 Å². The van der Waals surface area contributed by atoms with Gasteiger partial charge in [0.05, 0.1) is 10.6 Å². The highest BCUT2D eigenvalue weighted by Gasteiger charge is 2.23. The molecule has 0 aliphatic carbocycles. The zero-order valence-electron chi connectivity index (χ0n) is 12.9. The van der Waals surface area contributed by atoms with E-state index in [1.165, 1.54) is 5.56 Å². The first-order valence-electron chi connectivity index (χ1n) is 7.74. The van der Waals surface area contributed by atoms with Crippen molar-refractivity contribution in [3.8, 4) is 0 Å². The number of anilines is 1. The topological polar surface area (TPSA) is 49.6 Å². The van der Waals surface area contributed by atoms with Gasteiger partial charge in [0.25, 0.3) is 5.91 Å². The standard InChI is InChI=1S/C18H20ClN3O/c19-17-4-2-1-3-16(17)18(23)22-11-9-21(10-12-22)13-14-5-7-15(20)8-6-14/h1-8H,9-13,20H2. The summed E-state index contributed by atoms with van der Waals surface area (Å²) in [5, 5.41) is 0.516. The normalized spacial score (nSPS) is 15.6. The minimum Gasteiger partial charge on any atom is -0.399 e. The van der Waals surface area contributed by atoms with Gasteiger partial charge >= 0.3 is 0 Å². The maximum Gasteiger partial charge on any atom is 0.255 e. The molecule has 4 nitrogen and oxygen atoms in total. The predicted molar refractivity (Wildman–Crippen MR) is 93.5 cm³/mol. The number of carbonyl (C=O) groups excluding carboxylic acids is 1. The third kappa shape index (κ3) is 3.84. The molecule has 0 unspecified atom stereocenters. The SMILES string of the molecule is Nc1ccc(CN2CCN(C(=O)c3ccccc3Cl)CC2)cc1. The van der Waals surface area contributed by atoms with Gasteiger partial charge in [-0.15, -0.1) is 0 Å². The van der Waals surface area contributed by atoms with Crippen LogP contribution in [-0.2, 0) is 6.54 Å². The van der Waals surface area contributed by atoms with E-state index in [9.17, 15) is 4.79 Å². The highest BCUT2D eigenvalue weighted by atomic mass is 35.5. The second kappa shape index (κ2) is 7.02. The molecule has 2 N–H and O–H groups in total. The average Bonchev–Trinajstić information content (AvgIpc) is 2.57. The first-order valence-corrected chi connectivity index (χ1v) is 8.12. The van der Waals surface area contributed by atoms with Crippen molar-refractivity contribution in [1.29, 1.82) is 0 Å². The number of piperazine rings is 1. The van der Waals surface area contributed by atoms with Crippen LogP contribution in [0, 0.1) is 0 Å². The number of nitrogens with two attached hydrogens (primary N) is 1. The molecule has 0 aromatic heterocycles. The Hall–Kier alpha value is -2.04. The third-order valence-corrected chi connectivity index (χ3v) is 4.48. The van der Waals surface area contributed by atoms with E-state index in [0.717, 1.165) is 38.4 Å². The van der Waals surface area contributed by atoms with Gasteiger partial charge in [-0.05, 0) is 29.8 Å². The second-order valence-corrected chi connectivity index (χ2v) is 6.20. The molecule has 5 heteroatoms. The van der Waals surface area contributed by atoms with Crippen LogP contribution in [0.1, 0.15) is 15.9 Å². The molecular formula is C18H20ClN3O. The lowest BCUT2D eigenvalue weighted by Crippen LogP contribution is -2.48. The molecule has 1 amide bonds. The van der Waals surface area contributed by atoms with Crippen molar-refractivity contribution in [2.45, 2.75) is 6.54 Å². The van der Waals surface area contributed by atoms with Gasteiger partial charge in [0.15, 0.2) is 0 Å². The van der Waals surface area contributed by atoms with Gasteiger partial charge < -0.3 is 10.6 Å². The van der Waals surface area contributed by atoms with E-state index in [1.807, 2.05) is 29.2 Å². The number of nitrogen functional groups attached to an aromatic ring is 1. The highest BCUT2D eigenvalue weighted by molar-refractivity contribution is 6.33. The summed E-state index contributed by atoms with van der Waals surface area (Å²) in [5.74, 6) is 0.0164. The summed E-state index contributed by atoms with van der Waals surface area (Å²) in [4.78, 5) is 16.8. The molecule has 23 heavy (non-hydrogen) atoms. The highest BCUT2D eigenvalue weighted by Crippen LogP contribution is 2.18. The molecule has 0 saturated carbocycles. The van der Waals surface area contributed by atoms with E-state index >= 15 is 0 Å². The van der Waals surface area contributed by atoms with E-state index in [-0.39, 0.29) is 5.91 Å². The van der Waals surface area contributed by atoms with Crippen molar-refractivity contribution in [1.82, 2.24) is 9.80 Å². The molecule has 3 rings (SSSR count). The van der Waals surface area contributed by atoms with Crippen molar-refractivity contribution in [2.24, 2.45) is 0 Å². The van der Waals surface area contributed by atoms with Gasteiger partial charge in [-0.25, -0.2) is 0 Å². The number of hydrogen-bond donors (Lipinski definition) is 1. The molecule has 1 heterocycles. The minimum atomic E-state index is 0.0164. The van der Waals surface area contributed by atoms with E-state index in [1.54, 1.807) is 12.1 Å². The molecule has 1 aliphatic heterocycles. The number of rotatable bonds is 3. The third-order valence-electron chi connectivity index (χ3n) is 4.15. The number of nitrogens with zero attached hydrogens (tertiary/aromatic N) is 2. The summed E-state index contributed by atoms with van der Waals surface area (Å²) >= 11 is 6.12. The van der Waals surface area contributed by atoms with Crippen LogP contribution < -0.4 is 5.73 Å². The molecule has 2 aromatic carbocycles. The fourth-order valence-corrected chi connectivity index (χ4v) is 3.01. The Labute approximate surface area is 141 Å². The van der Waals surface area contributed by atoms with Gasteiger partial charge in [0.2, 0.25) is 0 Å². The number of halogens is 1. The Morgan fingerprint density at radius 2 is 1.65 bits per heavy atom. The summed E-state index contributed by atoms with van der Waals surface area (Å²) in [6.07, 6.45) is 0. The zero-order chi connectivity index (χ0) is 16.2. The number of hydrogen-bond acceptors (Lipinski definition) is 3. The molecule has 0 radical (unpaired) electrons. The van der Waals surface area contributed by atoms with Gasteiger partial charge in [-0.2, -0.15) is 0 Å². The molecule has 1 fully saturated rings. The molecule has 0 spiro atoms. The molecule has 0 bridgehead atoms. The van der Waals surface area contributed by atoms with Crippen LogP contribution >= 0.6 is 11.6 Å². The lowest BCUT2D eigenvalue weighted by molar-refractivity contribution is 0.0628. The molecule has 0 atom stereocenters. The number of carbonyl (C=O) groups is 1. The van der Waals surface area contributed by atoms with Crippen LogP contribution in [0.4, 0.5) is 5.69 Å². The van der Waals surface area contributed by atoms with Crippen LogP contribution in [0.2, 0.25) is 5.02 Å². The fourth-order valence-electron chi connectivity index (χ4n) is 2.80. The quantitative estimate of drug-likeness (QED) is 0.881. The first kappa shape index (κ1) is 15.8. The van der Waals surface area contributed by atoms with E-state index in [0.29, 0.717) is 10.6 Å². The Kier molecular flexibility index (Phi) is 4.84. The van der Waals surface area contributed by atoms with Gasteiger partial charge in [-0.3, -0.25) is 9.69 Å². The van der Waals surface area contributed by atoms with Gasteiger partial charge in [0.1, 0.15) is 0 Å². The first-order chi connectivity index (χ1) is 11.1. The lowest BCUT2D eigenvalue weighted by atomic mass is 10.1. The molecule has 1 aliphatic rings. The summed E-state index contributed by atoms with van der Waals surface area (Å²) in [6.45, 7) is 4.05. The van der Waals surface area contributed by atoms with Crippen LogP contribution in [0.15, 0.2) is 48.5 Å². The largest absolute Gasteiger partial charge is 0.399 e. The van der Waals surface area contributed by atoms with Crippen molar-refractivity contribution in [3.05, 3.63) is 64.7 Å². The number of amides is 1. The monoisotopic (exact) mass is 329 g/mol. The average molecular weight is 330 g/mol. The van der Waals surface area contributed by atoms with Crippen LogP contribution in [0.25, 0.3) is 0 Å². The summed E-state index contributed by atoms with van der Waals surface area (Å²) in [5.41, 5.74) is 8.32. The second-order valence-electron chi connectivity index (χ2n) is 5.79. The summed E-state index contributed by atoms with van der Waals surface area (Å²) in [7, 11) is 0. The summed E-state index contributed by atoms with van der Waals surface area (Å²) in [6, 6.07) is 15.2. The molecule has 2 aromatic rings. The number of benzene rings is 2. The van der Waals surface area contributed by atoms with Gasteiger partial charge in [0, 0.05) is 38.4 Å². The lowest BCUT2D eigenvalue weighted by Gasteiger charge is -2.35. The zero-order valence-corrected chi connectivity index (χ0v) is 13.7. The molecule has 120 valence electrons. The van der Waals surface area contributed by atoms with Crippen LogP contribution in [0.3, 0.4) is 0 Å². The Morgan fingerprint density at radius 3 is 2.30 bits per heavy atom. The maximum absolute atomic E-state index is 12.5. The van der Waals surface area contributed by atoms with Crippen molar-refractivity contribution < 1.29 is 4.79 Å². The molecular weight excluding hydrogens is 310 g/mol. The Balaban J connectivity index is 1.57. The predicted octanol–water partition coefficient (Wildman–Crippen LogP) is 2.88. The van der Waals surface area contributed by atoms with Crippen LogP contribution in [0.5, 0.6) is 0 Å².